The number of hydrogen-bond donors (Lipinski definition) is 0. The van der Waals surface area contributed by atoms with E-state index in [9.17, 15) is 0 Å². The maximum absolute atomic E-state index is 5.76. The minimum Gasteiger partial charge on any atom is -0.460 e. The molecular weight excluding hydrogens is 208 g/mol. The monoisotopic (exact) mass is 216 g/mol. The summed E-state index contributed by atoms with van der Waals surface area (Å²) in [5, 5.41) is 3.59. The van der Waals surface area contributed by atoms with E-state index in [0.29, 0.717) is 5.88 Å². The fourth-order valence-electron chi connectivity index (χ4n) is 1.91. The fraction of sp³-hybridized carbons (Fsp3) is 0.0769. The quantitative estimate of drug-likeness (QED) is 0.552. The molecule has 0 radical (unpaired) electrons. The van der Waals surface area contributed by atoms with Crippen LogP contribution in [0, 0.1) is 0 Å². The zero-order chi connectivity index (χ0) is 10.3. The maximum atomic E-state index is 5.76. The first-order valence-corrected chi connectivity index (χ1v) is 5.38. The molecule has 0 aliphatic carbocycles. The highest BCUT2D eigenvalue weighted by Crippen LogP contribution is 2.28. The summed E-state index contributed by atoms with van der Waals surface area (Å²) in [5.74, 6) is 1.24. The van der Waals surface area contributed by atoms with E-state index in [2.05, 4.69) is 18.2 Å². The van der Waals surface area contributed by atoms with Crippen molar-refractivity contribution in [2.75, 3.05) is 0 Å². The van der Waals surface area contributed by atoms with Crippen LogP contribution in [0.5, 0.6) is 0 Å². The number of benzene rings is 2. The van der Waals surface area contributed by atoms with Gasteiger partial charge in [-0.05, 0) is 22.9 Å². The molecule has 0 saturated heterocycles. The maximum Gasteiger partial charge on any atom is 0.134 e. The standard InChI is InChI=1S/C13H9ClO/c14-8-10-7-12-11-4-2-1-3-9(11)5-6-13(12)15-10/h1-7H,8H2. The van der Waals surface area contributed by atoms with E-state index in [1.807, 2.05) is 24.3 Å². The second kappa shape index (κ2) is 3.28. The SMILES string of the molecule is ClCc1cc2c(ccc3ccccc32)o1. The zero-order valence-electron chi connectivity index (χ0n) is 8.03. The Kier molecular flexibility index (Phi) is 1.93. The van der Waals surface area contributed by atoms with E-state index in [0.717, 1.165) is 16.7 Å². The van der Waals surface area contributed by atoms with Gasteiger partial charge in [-0.25, -0.2) is 0 Å². The highest BCUT2D eigenvalue weighted by Gasteiger charge is 2.05. The van der Waals surface area contributed by atoms with Gasteiger partial charge in [-0.3, -0.25) is 0 Å². The van der Waals surface area contributed by atoms with Crippen LogP contribution >= 0.6 is 11.6 Å². The van der Waals surface area contributed by atoms with Crippen molar-refractivity contribution in [2.45, 2.75) is 5.88 Å². The summed E-state index contributed by atoms with van der Waals surface area (Å²) in [7, 11) is 0. The molecule has 0 fully saturated rings. The van der Waals surface area contributed by atoms with Gasteiger partial charge in [0.2, 0.25) is 0 Å². The van der Waals surface area contributed by atoms with Gasteiger partial charge in [0.1, 0.15) is 11.3 Å². The minimum atomic E-state index is 0.420. The molecule has 1 nitrogen and oxygen atoms in total. The Hall–Kier alpha value is -1.47. The predicted molar refractivity (Wildman–Crippen MR) is 63.3 cm³/mol. The van der Waals surface area contributed by atoms with Gasteiger partial charge in [0.15, 0.2) is 0 Å². The van der Waals surface area contributed by atoms with Crippen LogP contribution in [0.2, 0.25) is 0 Å². The van der Waals surface area contributed by atoms with Crippen molar-refractivity contribution < 1.29 is 4.42 Å². The average Bonchev–Trinajstić information content (AvgIpc) is 2.72. The number of fused-ring (bicyclic) bond motifs is 3. The molecule has 74 valence electrons. The number of alkyl halides is 1. The van der Waals surface area contributed by atoms with Crippen LogP contribution in [-0.4, -0.2) is 0 Å². The summed E-state index contributed by atoms with van der Waals surface area (Å²) >= 11 is 5.76. The van der Waals surface area contributed by atoms with Crippen LogP contribution in [0.1, 0.15) is 5.76 Å². The Morgan fingerprint density at radius 2 is 1.87 bits per heavy atom. The number of hydrogen-bond acceptors (Lipinski definition) is 1. The second-order valence-electron chi connectivity index (χ2n) is 3.54. The Morgan fingerprint density at radius 1 is 1.00 bits per heavy atom. The third-order valence-corrected chi connectivity index (χ3v) is 2.87. The first-order chi connectivity index (χ1) is 7.38. The van der Waals surface area contributed by atoms with Gasteiger partial charge in [-0.1, -0.05) is 30.3 Å². The van der Waals surface area contributed by atoms with Crippen LogP contribution in [0.15, 0.2) is 46.9 Å². The van der Waals surface area contributed by atoms with Crippen LogP contribution in [0.25, 0.3) is 21.7 Å². The molecule has 0 aliphatic heterocycles. The largest absolute Gasteiger partial charge is 0.460 e. The van der Waals surface area contributed by atoms with Crippen LogP contribution in [0.4, 0.5) is 0 Å². The fourth-order valence-corrected chi connectivity index (χ4v) is 2.04. The summed E-state index contributed by atoms with van der Waals surface area (Å²) < 4.78 is 5.59. The predicted octanol–water partition coefficient (Wildman–Crippen LogP) is 4.32. The van der Waals surface area contributed by atoms with Gasteiger partial charge in [0.05, 0.1) is 5.88 Å². The van der Waals surface area contributed by atoms with Gasteiger partial charge < -0.3 is 4.42 Å². The van der Waals surface area contributed by atoms with Crippen LogP contribution in [0.3, 0.4) is 0 Å². The van der Waals surface area contributed by atoms with Crippen LogP contribution < -0.4 is 0 Å². The first kappa shape index (κ1) is 8.81. The zero-order valence-corrected chi connectivity index (χ0v) is 8.79. The van der Waals surface area contributed by atoms with Crippen molar-refractivity contribution in [3.63, 3.8) is 0 Å². The van der Waals surface area contributed by atoms with Gasteiger partial charge >= 0.3 is 0 Å². The molecule has 1 aromatic heterocycles. The molecule has 3 aromatic rings. The Labute approximate surface area is 92.3 Å². The van der Waals surface area contributed by atoms with Crippen molar-refractivity contribution >= 4 is 33.3 Å². The van der Waals surface area contributed by atoms with E-state index in [-0.39, 0.29) is 0 Å². The molecule has 2 aromatic carbocycles. The first-order valence-electron chi connectivity index (χ1n) is 4.84. The summed E-state index contributed by atoms with van der Waals surface area (Å²) in [4.78, 5) is 0. The summed E-state index contributed by atoms with van der Waals surface area (Å²) in [6.07, 6.45) is 0. The molecule has 15 heavy (non-hydrogen) atoms. The third-order valence-electron chi connectivity index (χ3n) is 2.61. The highest BCUT2D eigenvalue weighted by molar-refractivity contribution is 6.17. The lowest BCUT2D eigenvalue weighted by atomic mass is 10.1. The Balaban J connectivity index is 2.47. The summed E-state index contributed by atoms with van der Waals surface area (Å²) in [6.45, 7) is 0. The lowest BCUT2D eigenvalue weighted by molar-refractivity contribution is 0.573. The lowest BCUT2D eigenvalue weighted by Gasteiger charge is -1.96. The van der Waals surface area contributed by atoms with Gasteiger partial charge in [0, 0.05) is 5.39 Å². The Bertz CT molecular complexity index is 625. The molecule has 0 N–H and O–H groups in total. The highest BCUT2D eigenvalue weighted by atomic mass is 35.5. The molecule has 2 heteroatoms. The molecule has 0 bridgehead atoms. The van der Waals surface area contributed by atoms with E-state index >= 15 is 0 Å². The molecule has 3 rings (SSSR count). The van der Waals surface area contributed by atoms with Crippen molar-refractivity contribution in [1.29, 1.82) is 0 Å². The van der Waals surface area contributed by atoms with Crippen LogP contribution in [-0.2, 0) is 5.88 Å². The summed E-state index contributed by atoms with van der Waals surface area (Å²) in [6, 6.07) is 14.4. The van der Waals surface area contributed by atoms with E-state index in [1.165, 1.54) is 10.8 Å². The average molecular weight is 217 g/mol. The molecule has 1 heterocycles. The minimum absolute atomic E-state index is 0.420. The molecule has 0 spiro atoms. The molecule has 0 amide bonds. The lowest BCUT2D eigenvalue weighted by Crippen LogP contribution is -1.71. The van der Waals surface area contributed by atoms with Crippen molar-refractivity contribution in [2.24, 2.45) is 0 Å². The normalized spacial score (nSPS) is 11.3. The van der Waals surface area contributed by atoms with Gasteiger partial charge in [-0.2, -0.15) is 0 Å². The van der Waals surface area contributed by atoms with E-state index in [1.54, 1.807) is 0 Å². The van der Waals surface area contributed by atoms with Gasteiger partial charge in [0.25, 0.3) is 0 Å². The molecule has 0 unspecified atom stereocenters. The Morgan fingerprint density at radius 3 is 2.73 bits per heavy atom. The third kappa shape index (κ3) is 1.31. The van der Waals surface area contributed by atoms with E-state index in [4.69, 9.17) is 16.0 Å². The molecule has 0 atom stereocenters. The summed E-state index contributed by atoms with van der Waals surface area (Å²) in [5.41, 5.74) is 0.907. The molecular formula is C13H9ClO. The molecule has 0 saturated carbocycles. The topological polar surface area (TPSA) is 13.1 Å². The molecule has 0 aliphatic rings. The van der Waals surface area contributed by atoms with Gasteiger partial charge in [-0.15, -0.1) is 11.6 Å². The van der Waals surface area contributed by atoms with E-state index < -0.39 is 0 Å². The second-order valence-corrected chi connectivity index (χ2v) is 3.81. The van der Waals surface area contributed by atoms with Crippen molar-refractivity contribution in [3.05, 3.63) is 48.2 Å². The number of furan rings is 1. The van der Waals surface area contributed by atoms with Crippen molar-refractivity contribution in [3.8, 4) is 0 Å². The number of rotatable bonds is 1. The number of halogens is 1. The van der Waals surface area contributed by atoms with Crippen molar-refractivity contribution in [1.82, 2.24) is 0 Å². The smallest absolute Gasteiger partial charge is 0.134 e.